The summed E-state index contributed by atoms with van der Waals surface area (Å²) in [4.78, 5) is 34.3. The van der Waals surface area contributed by atoms with Crippen LogP contribution in [0.1, 0.15) is 15.9 Å². The maximum Gasteiger partial charge on any atom is 0.417 e. The van der Waals surface area contributed by atoms with Crippen molar-refractivity contribution in [1.29, 1.82) is 0 Å². The normalized spacial score (nSPS) is 11.2. The molecular formula is C18H12ClF5N2O7. The Morgan fingerprint density at radius 1 is 1.18 bits per heavy atom. The zero-order valence-electron chi connectivity index (χ0n) is 16.2. The molecule has 1 amide bonds. The Balaban J connectivity index is 2.17. The largest absolute Gasteiger partial charge is 0.493 e. The van der Waals surface area contributed by atoms with Crippen LogP contribution in [0, 0.1) is 10.1 Å². The Labute approximate surface area is 186 Å². The van der Waals surface area contributed by atoms with Crippen molar-refractivity contribution >= 4 is 34.9 Å². The number of esters is 1. The van der Waals surface area contributed by atoms with Gasteiger partial charge in [0, 0.05) is 11.8 Å². The van der Waals surface area contributed by atoms with Gasteiger partial charge in [0.05, 0.1) is 28.7 Å². The van der Waals surface area contributed by atoms with Crippen molar-refractivity contribution in [2.45, 2.75) is 12.8 Å². The second kappa shape index (κ2) is 10.3. The molecule has 0 heterocycles. The summed E-state index contributed by atoms with van der Waals surface area (Å²) in [5, 5.41) is 12.7. The number of nitro groups is 1. The molecule has 0 aromatic heterocycles. The lowest BCUT2D eigenvalue weighted by Gasteiger charge is -2.13. The quantitative estimate of drug-likeness (QED) is 0.243. The van der Waals surface area contributed by atoms with Gasteiger partial charge in [-0.25, -0.2) is 4.79 Å². The van der Waals surface area contributed by atoms with Crippen LogP contribution in [0.15, 0.2) is 30.3 Å². The molecule has 0 atom stereocenters. The number of hydrogen-bond acceptors (Lipinski definition) is 7. The molecule has 2 aromatic carbocycles. The molecule has 0 saturated carbocycles. The number of methoxy groups -OCH3 is 1. The van der Waals surface area contributed by atoms with E-state index < -0.39 is 69.5 Å². The zero-order chi connectivity index (χ0) is 24.9. The third-order valence-electron chi connectivity index (χ3n) is 3.80. The predicted molar refractivity (Wildman–Crippen MR) is 102 cm³/mol. The average molecular weight is 499 g/mol. The molecule has 0 radical (unpaired) electrons. The van der Waals surface area contributed by atoms with E-state index >= 15 is 0 Å². The topological polar surface area (TPSA) is 117 Å². The molecule has 9 nitrogen and oxygen atoms in total. The summed E-state index contributed by atoms with van der Waals surface area (Å²) in [6, 6.07) is 3.72. The number of ether oxygens (including phenoxy) is 3. The highest BCUT2D eigenvalue weighted by atomic mass is 35.5. The predicted octanol–water partition coefficient (Wildman–Crippen LogP) is 4.67. The third kappa shape index (κ3) is 6.65. The molecular weight excluding hydrogens is 487 g/mol. The van der Waals surface area contributed by atoms with Crippen LogP contribution >= 0.6 is 11.6 Å². The number of amides is 1. The van der Waals surface area contributed by atoms with Crippen LogP contribution in [0.2, 0.25) is 5.02 Å². The van der Waals surface area contributed by atoms with E-state index in [1.165, 1.54) is 0 Å². The number of anilines is 1. The van der Waals surface area contributed by atoms with Crippen molar-refractivity contribution < 1.29 is 50.7 Å². The van der Waals surface area contributed by atoms with Crippen molar-refractivity contribution in [2.75, 3.05) is 19.0 Å². The van der Waals surface area contributed by atoms with E-state index in [1.807, 2.05) is 5.32 Å². The van der Waals surface area contributed by atoms with Crippen molar-refractivity contribution in [3.05, 3.63) is 56.6 Å². The second-order valence-corrected chi connectivity index (χ2v) is 6.38. The van der Waals surface area contributed by atoms with Crippen LogP contribution in [-0.2, 0) is 15.7 Å². The maximum atomic E-state index is 12.9. The number of hydrogen-bond donors (Lipinski definition) is 1. The van der Waals surface area contributed by atoms with Gasteiger partial charge < -0.3 is 19.5 Å². The van der Waals surface area contributed by atoms with Crippen LogP contribution in [0.4, 0.5) is 33.3 Å². The van der Waals surface area contributed by atoms with Crippen molar-refractivity contribution in [1.82, 2.24) is 0 Å². The van der Waals surface area contributed by atoms with E-state index in [1.54, 1.807) is 0 Å². The molecule has 0 saturated heterocycles. The van der Waals surface area contributed by atoms with Crippen LogP contribution in [-0.4, -0.2) is 37.1 Å². The molecule has 0 fully saturated rings. The summed E-state index contributed by atoms with van der Waals surface area (Å²) < 4.78 is 77.1. The highest BCUT2D eigenvalue weighted by Gasteiger charge is 2.33. The Morgan fingerprint density at radius 2 is 1.85 bits per heavy atom. The van der Waals surface area contributed by atoms with E-state index in [-0.39, 0.29) is 5.69 Å². The first-order chi connectivity index (χ1) is 15.3. The van der Waals surface area contributed by atoms with Gasteiger partial charge in [0.25, 0.3) is 11.6 Å². The minimum Gasteiger partial charge on any atom is -0.493 e. The van der Waals surface area contributed by atoms with Gasteiger partial charge in [-0.05, 0) is 18.2 Å². The molecule has 178 valence electrons. The summed E-state index contributed by atoms with van der Waals surface area (Å²) in [6.07, 6.45) is -4.79. The Hall–Kier alpha value is -3.68. The number of nitrogens with one attached hydrogen (secondary N) is 1. The molecule has 15 heteroatoms. The van der Waals surface area contributed by atoms with Gasteiger partial charge >= 0.3 is 18.8 Å². The monoisotopic (exact) mass is 498 g/mol. The lowest BCUT2D eigenvalue weighted by Crippen LogP contribution is -2.21. The summed E-state index contributed by atoms with van der Waals surface area (Å²) in [6.45, 7) is -4.39. The summed E-state index contributed by atoms with van der Waals surface area (Å²) >= 11 is 5.47. The van der Waals surface area contributed by atoms with Crippen LogP contribution in [0.25, 0.3) is 0 Å². The van der Waals surface area contributed by atoms with Gasteiger partial charge in [0.2, 0.25) is 0 Å². The van der Waals surface area contributed by atoms with Crippen molar-refractivity contribution in [2.24, 2.45) is 0 Å². The number of halogens is 6. The summed E-state index contributed by atoms with van der Waals surface area (Å²) in [7, 11) is 1.02. The van der Waals surface area contributed by atoms with Crippen LogP contribution in [0.5, 0.6) is 11.5 Å². The number of benzene rings is 2. The first-order valence-electron chi connectivity index (χ1n) is 8.48. The second-order valence-electron chi connectivity index (χ2n) is 5.97. The molecule has 1 N–H and O–H groups in total. The van der Waals surface area contributed by atoms with Crippen molar-refractivity contribution in [3.63, 3.8) is 0 Å². The Bertz CT molecular complexity index is 1080. The van der Waals surface area contributed by atoms with E-state index in [4.69, 9.17) is 16.3 Å². The highest BCUT2D eigenvalue weighted by Crippen LogP contribution is 2.37. The van der Waals surface area contributed by atoms with E-state index in [0.717, 1.165) is 19.2 Å². The lowest BCUT2D eigenvalue weighted by molar-refractivity contribution is -0.385. The smallest absolute Gasteiger partial charge is 0.417 e. The van der Waals surface area contributed by atoms with E-state index in [2.05, 4.69) is 9.47 Å². The third-order valence-corrected chi connectivity index (χ3v) is 4.13. The number of rotatable bonds is 8. The standard InChI is InChI=1S/C18H12ClF5N2O7/c1-31-13-5-9(12(26(29)30)6-14(13)33-17(20)21)16(28)32-7-15(27)25-8-2-3-11(19)10(4-8)18(22,23)24/h2-6,17H,7H2,1H3,(H,25,27). The molecule has 33 heavy (non-hydrogen) atoms. The number of nitro benzene ring substituents is 1. The molecule has 0 bridgehead atoms. The minimum atomic E-state index is -4.79. The number of nitrogens with zero attached hydrogens (tertiary/aromatic N) is 1. The molecule has 0 aliphatic carbocycles. The average Bonchev–Trinajstić information content (AvgIpc) is 2.71. The number of carbonyl (C=O) groups excluding carboxylic acids is 2. The van der Waals surface area contributed by atoms with Crippen LogP contribution < -0.4 is 14.8 Å². The highest BCUT2D eigenvalue weighted by molar-refractivity contribution is 6.31. The van der Waals surface area contributed by atoms with E-state index in [9.17, 15) is 41.7 Å². The van der Waals surface area contributed by atoms with E-state index in [0.29, 0.717) is 18.2 Å². The molecule has 0 unspecified atom stereocenters. The summed E-state index contributed by atoms with van der Waals surface area (Å²) in [5.41, 5.74) is -3.26. The van der Waals surface area contributed by atoms with Gasteiger partial charge in [-0.15, -0.1) is 0 Å². The van der Waals surface area contributed by atoms with Gasteiger partial charge in [0.15, 0.2) is 18.1 Å². The molecule has 2 rings (SSSR count). The Morgan fingerprint density at radius 3 is 2.39 bits per heavy atom. The summed E-state index contributed by atoms with van der Waals surface area (Å²) in [5.74, 6) is -3.67. The molecule has 2 aromatic rings. The SMILES string of the molecule is COc1cc(C(=O)OCC(=O)Nc2ccc(Cl)c(C(F)(F)F)c2)c([N+](=O)[O-])cc1OC(F)F. The molecule has 0 aliphatic rings. The number of alkyl halides is 5. The fourth-order valence-electron chi connectivity index (χ4n) is 2.44. The van der Waals surface area contributed by atoms with Gasteiger partial charge in [-0.1, -0.05) is 11.6 Å². The molecule has 0 spiro atoms. The molecule has 0 aliphatic heterocycles. The zero-order valence-corrected chi connectivity index (χ0v) is 17.0. The van der Waals surface area contributed by atoms with Gasteiger partial charge in [-0.3, -0.25) is 14.9 Å². The van der Waals surface area contributed by atoms with Crippen molar-refractivity contribution in [3.8, 4) is 11.5 Å². The Kier molecular flexibility index (Phi) is 7.98. The fourth-order valence-corrected chi connectivity index (χ4v) is 2.66. The maximum absolute atomic E-state index is 12.9. The van der Waals surface area contributed by atoms with Gasteiger partial charge in [0.1, 0.15) is 5.56 Å². The number of carbonyl (C=O) groups is 2. The first kappa shape index (κ1) is 25.6. The fraction of sp³-hybridized carbons (Fsp3) is 0.222. The van der Waals surface area contributed by atoms with Gasteiger partial charge in [-0.2, -0.15) is 22.0 Å². The van der Waals surface area contributed by atoms with Crippen LogP contribution in [0.3, 0.4) is 0 Å². The lowest BCUT2D eigenvalue weighted by atomic mass is 10.1. The first-order valence-corrected chi connectivity index (χ1v) is 8.86. The minimum absolute atomic E-state index is 0.311.